The van der Waals surface area contributed by atoms with E-state index < -0.39 is 11.0 Å². The average molecular weight is 295 g/mol. The number of amides is 1. The summed E-state index contributed by atoms with van der Waals surface area (Å²) in [5, 5.41) is 20.3. The molecular weight excluding hydrogens is 266 g/mol. The molecule has 0 spiro atoms. The van der Waals surface area contributed by atoms with Crippen LogP contribution in [0.5, 0.6) is 0 Å². The van der Waals surface area contributed by atoms with Crippen LogP contribution in [0.1, 0.15) is 53.9 Å². The molecule has 0 aromatic heterocycles. The Kier molecular flexibility index (Phi) is 5.56. The van der Waals surface area contributed by atoms with Gasteiger partial charge in [0.05, 0.1) is 5.54 Å². The van der Waals surface area contributed by atoms with Crippen LogP contribution in [0.3, 0.4) is 0 Å². The van der Waals surface area contributed by atoms with Crippen LogP contribution in [0.25, 0.3) is 0 Å². The lowest BCUT2D eigenvalue weighted by molar-refractivity contribution is -0.130. The van der Waals surface area contributed by atoms with Gasteiger partial charge < -0.3 is 10.4 Å². The summed E-state index contributed by atoms with van der Waals surface area (Å²) < 4.78 is 0. The van der Waals surface area contributed by atoms with E-state index in [1.54, 1.807) is 0 Å². The van der Waals surface area contributed by atoms with E-state index in [1.807, 2.05) is 34.6 Å². The van der Waals surface area contributed by atoms with Crippen LogP contribution in [-0.4, -0.2) is 40.4 Å². The molecule has 1 amide bonds. The maximum Gasteiger partial charge on any atom is 0.245 e. The number of amidine groups is 1. The zero-order chi connectivity index (χ0) is 16.3. The standard InChI is InChI=1S/C16H29N3O2/c1-15(2,3)12(20)11-13(17)18-14(21)16(4,5)19-9-7-6-8-10-19/h11,20H,6-10H2,1-5H3,(H2,17,18,21)/b12-11-. The van der Waals surface area contributed by atoms with Gasteiger partial charge in [0.1, 0.15) is 11.6 Å². The number of aliphatic hydroxyl groups excluding tert-OH is 1. The summed E-state index contributed by atoms with van der Waals surface area (Å²) in [4.78, 5) is 14.6. The summed E-state index contributed by atoms with van der Waals surface area (Å²) in [7, 11) is 0. The second kappa shape index (κ2) is 6.60. The average Bonchev–Trinajstić information content (AvgIpc) is 2.38. The summed E-state index contributed by atoms with van der Waals surface area (Å²) in [6.45, 7) is 11.2. The number of hydrogen-bond donors (Lipinski definition) is 3. The fraction of sp³-hybridized carbons (Fsp3) is 0.750. The number of piperidine rings is 1. The molecule has 1 fully saturated rings. The quantitative estimate of drug-likeness (QED) is 0.426. The number of carbonyl (C=O) groups is 1. The molecule has 1 saturated heterocycles. The summed E-state index contributed by atoms with van der Waals surface area (Å²) in [5.41, 5.74) is -1.07. The van der Waals surface area contributed by atoms with E-state index in [9.17, 15) is 9.90 Å². The summed E-state index contributed by atoms with van der Waals surface area (Å²) in [5.74, 6) is -0.187. The van der Waals surface area contributed by atoms with Crippen LogP contribution in [0, 0.1) is 10.8 Å². The molecule has 1 rings (SSSR count). The molecule has 0 aromatic rings. The van der Waals surface area contributed by atoms with Gasteiger partial charge in [-0.05, 0) is 39.8 Å². The second-order valence-corrected chi connectivity index (χ2v) is 7.25. The van der Waals surface area contributed by atoms with Gasteiger partial charge >= 0.3 is 0 Å². The molecule has 0 saturated carbocycles. The van der Waals surface area contributed by atoms with E-state index in [-0.39, 0.29) is 17.5 Å². The molecule has 1 aliphatic rings. The summed E-state index contributed by atoms with van der Waals surface area (Å²) in [6.07, 6.45) is 4.74. The zero-order valence-corrected chi connectivity index (χ0v) is 13.9. The Morgan fingerprint density at radius 3 is 2.14 bits per heavy atom. The zero-order valence-electron chi connectivity index (χ0n) is 13.9. The normalized spacial score (nSPS) is 18.4. The predicted molar refractivity (Wildman–Crippen MR) is 85.5 cm³/mol. The lowest BCUT2D eigenvalue weighted by atomic mass is 9.93. The first-order valence-corrected chi connectivity index (χ1v) is 7.61. The number of nitrogens with one attached hydrogen (secondary N) is 2. The number of aliphatic hydroxyl groups is 1. The Morgan fingerprint density at radius 2 is 1.67 bits per heavy atom. The third-order valence-corrected chi connectivity index (χ3v) is 4.00. The smallest absolute Gasteiger partial charge is 0.245 e. The van der Waals surface area contributed by atoms with Gasteiger partial charge in [-0.15, -0.1) is 0 Å². The minimum absolute atomic E-state index is 0.0718. The number of allylic oxidation sites excluding steroid dienone is 1. The predicted octanol–water partition coefficient (Wildman–Crippen LogP) is 2.83. The topological polar surface area (TPSA) is 76.4 Å². The maximum absolute atomic E-state index is 12.4. The molecule has 3 N–H and O–H groups in total. The molecule has 0 aromatic carbocycles. The van der Waals surface area contributed by atoms with Gasteiger partial charge in [-0.3, -0.25) is 15.1 Å². The molecule has 120 valence electrons. The van der Waals surface area contributed by atoms with Crippen molar-refractivity contribution in [3.63, 3.8) is 0 Å². The minimum Gasteiger partial charge on any atom is -0.512 e. The molecular formula is C16H29N3O2. The van der Waals surface area contributed by atoms with Crippen molar-refractivity contribution in [3.05, 3.63) is 11.8 Å². The molecule has 21 heavy (non-hydrogen) atoms. The summed E-state index contributed by atoms with van der Waals surface area (Å²) >= 11 is 0. The monoisotopic (exact) mass is 295 g/mol. The Hall–Kier alpha value is -1.36. The number of hydrogen-bond acceptors (Lipinski definition) is 4. The van der Waals surface area contributed by atoms with E-state index in [2.05, 4.69) is 10.2 Å². The molecule has 1 aliphatic heterocycles. The van der Waals surface area contributed by atoms with Gasteiger partial charge in [-0.1, -0.05) is 27.2 Å². The number of nitrogens with zero attached hydrogens (tertiary/aromatic N) is 1. The van der Waals surface area contributed by atoms with Crippen molar-refractivity contribution in [2.24, 2.45) is 5.41 Å². The van der Waals surface area contributed by atoms with Crippen molar-refractivity contribution in [2.75, 3.05) is 13.1 Å². The largest absolute Gasteiger partial charge is 0.512 e. The van der Waals surface area contributed by atoms with E-state index in [0.29, 0.717) is 0 Å². The molecule has 1 heterocycles. The highest BCUT2D eigenvalue weighted by Crippen LogP contribution is 2.23. The highest BCUT2D eigenvalue weighted by atomic mass is 16.3. The van der Waals surface area contributed by atoms with Crippen molar-refractivity contribution in [1.29, 1.82) is 5.41 Å². The van der Waals surface area contributed by atoms with Gasteiger partial charge in [-0.25, -0.2) is 0 Å². The second-order valence-electron chi connectivity index (χ2n) is 7.25. The van der Waals surface area contributed by atoms with Crippen LogP contribution in [0.2, 0.25) is 0 Å². The minimum atomic E-state index is -0.641. The third kappa shape index (κ3) is 4.84. The lowest BCUT2D eigenvalue weighted by Gasteiger charge is -2.39. The van der Waals surface area contributed by atoms with Gasteiger partial charge in [0.2, 0.25) is 5.91 Å². The Labute approximate surface area is 127 Å². The highest BCUT2D eigenvalue weighted by molar-refractivity contribution is 6.05. The fourth-order valence-corrected chi connectivity index (χ4v) is 2.26. The van der Waals surface area contributed by atoms with Gasteiger partial charge in [0.15, 0.2) is 0 Å². The van der Waals surface area contributed by atoms with E-state index in [1.165, 1.54) is 12.5 Å². The first-order valence-electron chi connectivity index (χ1n) is 7.61. The molecule has 0 unspecified atom stereocenters. The molecule has 0 bridgehead atoms. The van der Waals surface area contributed by atoms with Crippen molar-refractivity contribution in [3.8, 4) is 0 Å². The molecule has 0 aliphatic carbocycles. The molecule has 5 nitrogen and oxygen atoms in total. The first kappa shape index (κ1) is 17.7. The Morgan fingerprint density at radius 1 is 1.14 bits per heavy atom. The van der Waals surface area contributed by atoms with Gasteiger partial charge in [0, 0.05) is 11.5 Å². The SMILES string of the molecule is CC(C)(C)/C(O)=C/C(=N)NC(=O)C(C)(C)N1CCCCC1. The van der Waals surface area contributed by atoms with Crippen molar-refractivity contribution < 1.29 is 9.90 Å². The Bertz CT molecular complexity index is 427. The van der Waals surface area contributed by atoms with E-state index >= 15 is 0 Å². The molecule has 5 heteroatoms. The summed E-state index contributed by atoms with van der Waals surface area (Å²) in [6, 6.07) is 0. The van der Waals surface area contributed by atoms with Crippen LogP contribution >= 0.6 is 0 Å². The first-order chi connectivity index (χ1) is 9.55. The van der Waals surface area contributed by atoms with E-state index in [0.717, 1.165) is 25.9 Å². The van der Waals surface area contributed by atoms with Crippen molar-refractivity contribution in [2.45, 2.75) is 59.4 Å². The van der Waals surface area contributed by atoms with Crippen molar-refractivity contribution in [1.82, 2.24) is 10.2 Å². The Balaban J connectivity index is 2.69. The number of rotatable bonds is 3. The lowest BCUT2D eigenvalue weighted by Crippen LogP contribution is -2.57. The highest BCUT2D eigenvalue weighted by Gasteiger charge is 2.35. The third-order valence-electron chi connectivity index (χ3n) is 4.00. The van der Waals surface area contributed by atoms with Gasteiger partial charge in [-0.2, -0.15) is 0 Å². The molecule has 0 radical (unpaired) electrons. The van der Waals surface area contributed by atoms with Crippen LogP contribution in [0.4, 0.5) is 0 Å². The van der Waals surface area contributed by atoms with Crippen molar-refractivity contribution >= 4 is 11.7 Å². The fourth-order valence-electron chi connectivity index (χ4n) is 2.26. The number of carbonyl (C=O) groups excluding carboxylic acids is 1. The number of likely N-dealkylation sites (tertiary alicyclic amines) is 1. The maximum atomic E-state index is 12.4. The van der Waals surface area contributed by atoms with Crippen LogP contribution < -0.4 is 5.32 Å². The van der Waals surface area contributed by atoms with Crippen LogP contribution in [0.15, 0.2) is 11.8 Å². The molecule has 0 atom stereocenters. The van der Waals surface area contributed by atoms with Gasteiger partial charge in [0.25, 0.3) is 0 Å². The van der Waals surface area contributed by atoms with Crippen LogP contribution in [-0.2, 0) is 4.79 Å². The van der Waals surface area contributed by atoms with E-state index in [4.69, 9.17) is 5.41 Å².